The molecule has 1 spiro atoms. The number of anilines is 1. The second kappa shape index (κ2) is 10.4. The van der Waals surface area contributed by atoms with Crippen molar-refractivity contribution in [3.8, 4) is 17.2 Å². The summed E-state index contributed by atoms with van der Waals surface area (Å²) in [7, 11) is 4.53. The number of benzene rings is 4. The van der Waals surface area contributed by atoms with Crippen LogP contribution in [0.5, 0.6) is 17.2 Å². The van der Waals surface area contributed by atoms with Gasteiger partial charge in [0.25, 0.3) is 0 Å². The van der Waals surface area contributed by atoms with Crippen molar-refractivity contribution in [2.45, 2.75) is 17.5 Å². The van der Waals surface area contributed by atoms with Gasteiger partial charge < -0.3 is 24.4 Å². The number of methoxy groups -OCH3 is 3. The molecule has 220 valence electrons. The van der Waals surface area contributed by atoms with E-state index in [0.29, 0.717) is 39.6 Å². The average Bonchev–Trinajstić information content (AvgIpc) is 3.55. The number of hydrogen-bond acceptors (Lipinski definition) is 7. The lowest BCUT2D eigenvalue weighted by Gasteiger charge is -2.38. The normalized spacial score (nSPS) is 22.6. The fraction of sp³-hybridized carbons (Fsp3) is 0.194. The Morgan fingerprint density at radius 1 is 0.773 bits per heavy atom. The van der Waals surface area contributed by atoms with Gasteiger partial charge in [-0.1, -0.05) is 54.6 Å². The Morgan fingerprint density at radius 3 is 2.27 bits per heavy atom. The van der Waals surface area contributed by atoms with Gasteiger partial charge in [0.1, 0.15) is 17.2 Å². The Labute approximate surface area is 254 Å². The van der Waals surface area contributed by atoms with E-state index < -0.39 is 23.4 Å². The Bertz CT molecular complexity index is 1870. The number of nitrogens with zero attached hydrogens (tertiary/aromatic N) is 1. The smallest absolute Gasteiger partial charge is 0.238 e. The van der Waals surface area contributed by atoms with Gasteiger partial charge >= 0.3 is 0 Å². The highest BCUT2D eigenvalue weighted by molar-refractivity contribution is 6.17. The first kappa shape index (κ1) is 27.5. The number of ketones is 2. The molecule has 3 aliphatic heterocycles. The molecule has 0 bridgehead atoms. The van der Waals surface area contributed by atoms with E-state index in [1.165, 1.54) is 21.3 Å². The van der Waals surface area contributed by atoms with Crippen LogP contribution in [0.2, 0.25) is 0 Å². The zero-order chi connectivity index (χ0) is 30.6. The number of Topliss-reactive ketones (excluding diaryl/α,β-unsaturated/α-hetero) is 2. The van der Waals surface area contributed by atoms with Gasteiger partial charge in [-0.25, -0.2) is 0 Å². The SMILES string of the molecule is COc1ccc(C(=O)[C@@H]2[C@H](C(=O)c3ccccc3OC)N3C=Cc4ccccc4[C@H]3[C@]23C(=O)Nc2ccccc23)cc1OC. The van der Waals surface area contributed by atoms with Crippen LogP contribution in [0.3, 0.4) is 0 Å². The molecule has 7 rings (SSSR count). The van der Waals surface area contributed by atoms with E-state index in [9.17, 15) is 9.59 Å². The van der Waals surface area contributed by atoms with E-state index in [-0.39, 0.29) is 17.5 Å². The molecule has 1 saturated heterocycles. The summed E-state index contributed by atoms with van der Waals surface area (Å²) in [5, 5.41) is 3.07. The molecule has 8 nitrogen and oxygen atoms in total. The summed E-state index contributed by atoms with van der Waals surface area (Å²) < 4.78 is 16.6. The molecule has 3 aliphatic rings. The van der Waals surface area contributed by atoms with Crippen molar-refractivity contribution >= 4 is 29.2 Å². The van der Waals surface area contributed by atoms with Crippen LogP contribution in [0.1, 0.15) is 43.4 Å². The summed E-state index contributed by atoms with van der Waals surface area (Å²) >= 11 is 0. The maximum atomic E-state index is 15.1. The Balaban J connectivity index is 1.53. The minimum atomic E-state index is -1.44. The van der Waals surface area contributed by atoms with Crippen molar-refractivity contribution < 1.29 is 28.6 Å². The summed E-state index contributed by atoms with van der Waals surface area (Å²) in [5.74, 6) is -0.890. The van der Waals surface area contributed by atoms with E-state index in [1.807, 2.05) is 65.7 Å². The number of ether oxygens (including phenoxy) is 3. The van der Waals surface area contributed by atoms with Gasteiger partial charge in [-0.2, -0.15) is 0 Å². The first-order valence-electron chi connectivity index (χ1n) is 14.3. The molecule has 1 N–H and O–H groups in total. The molecule has 4 aromatic carbocycles. The van der Waals surface area contributed by atoms with Crippen molar-refractivity contribution in [1.82, 2.24) is 4.90 Å². The number of carbonyl (C=O) groups is 3. The van der Waals surface area contributed by atoms with Gasteiger partial charge in [-0.15, -0.1) is 0 Å². The Kier molecular flexibility index (Phi) is 6.50. The number of rotatable bonds is 7. The number of amides is 1. The van der Waals surface area contributed by atoms with Crippen molar-refractivity contribution in [2.75, 3.05) is 26.6 Å². The largest absolute Gasteiger partial charge is 0.496 e. The molecule has 0 saturated carbocycles. The summed E-state index contributed by atoms with van der Waals surface area (Å²) in [6.07, 6.45) is 3.78. The molecule has 0 aromatic heterocycles. The molecule has 1 fully saturated rings. The first-order valence-corrected chi connectivity index (χ1v) is 14.3. The first-order chi connectivity index (χ1) is 21.4. The summed E-state index contributed by atoms with van der Waals surface area (Å²) in [6, 6.07) is 25.5. The standard InChI is InChI=1S/C36H30N2O6/c1-42-27-15-9-6-12-24(27)33(40)31-30(32(39)22-16-17-28(43-2)29(20-22)44-3)36(25-13-7-8-14-26(25)37-35(36)41)34-23-11-5-4-10-21(23)18-19-38(31)34/h4-20,30-31,34H,1-3H3,(H,37,41)/t30-,31+,34-,36+/m0/s1. The summed E-state index contributed by atoms with van der Waals surface area (Å²) in [6.45, 7) is 0. The minimum Gasteiger partial charge on any atom is -0.496 e. The van der Waals surface area contributed by atoms with Gasteiger partial charge in [0, 0.05) is 17.5 Å². The third-order valence-electron chi connectivity index (χ3n) is 9.16. The van der Waals surface area contributed by atoms with Crippen LogP contribution in [0.25, 0.3) is 6.08 Å². The molecule has 0 unspecified atom stereocenters. The zero-order valence-electron chi connectivity index (χ0n) is 24.4. The molecule has 3 heterocycles. The number of para-hydroxylation sites is 2. The highest BCUT2D eigenvalue weighted by Crippen LogP contribution is 2.62. The topological polar surface area (TPSA) is 94.2 Å². The summed E-state index contributed by atoms with van der Waals surface area (Å²) in [5.41, 5.74) is 2.29. The quantitative estimate of drug-likeness (QED) is 0.278. The van der Waals surface area contributed by atoms with E-state index in [1.54, 1.807) is 42.5 Å². The van der Waals surface area contributed by atoms with Crippen LogP contribution in [0.4, 0.5) is 5.69 Å². The highest BCUT2D eigenvalue weighted by atomic mass is 16.5. The number of fused-ring (bicyclic) bond motifs is 6. The highest BCUT2D eigenvalue weighted by Gasteiger charge is 2.70. The van der Waals surface area contributed by atoms with Crippen LogP contribution in [-0.4, -0.2) is 49.7 Å². The lowest BCUT2D eigenvalue weighted by Crippen LogP contribution is -2.49. The van der Waals surface area contributed by atoms with E-state index in [2.05, 4.69) is 5.32 Å². The lowest BCUT2D eigenvalue weighted by atomic mass is 9.62. The van der Waals surface area contributed by atoms with Crippen LogP contribution < -0.4 is 19.5 Å². The van der Waals surface area contributed by atoms with Crippen molar-refractivity contribution in [1.29, 1.82) is 0 Å². The van der Waals surface area contributed by atoms with Crippen molar-refractivity contribution in [3.05, 3.63) is 125 Å². The zero-order valence-corrected chi connectivity index (χ0v) is 24.4. The Morgan fingerprint density at radius 2 is 1.48 bits per heavy atom. The molecular formula is C36H30N2O6. The third-order valence-corrected chi connectivity index (χ3v) is 9.16. The van der Waals surface area contributed by atoms with Gasteiger partial charge in [-0.3, -0.25) is 14.4 Å². The van der Waals surface area contributed by atoms with Gasteiger partial charge in [-0.05, 0) is 59.2 Å². The lowest BCUT2D eigenvalue weighted by molar-refractivity contribution is -0.122. The van der Waals surface area contributed by atoms with Crippen LogP contribution >= 0.6 is 0 Å². The predicted octanol–water partition coefficient (Wildman–Crippen LogP) is 5.69. The van der Waals surface area contributed by atoms with E-state index in [0.717, 1.165) is 11.1 Å². The molecule has 4 aromatic rings. The third kappa shape index (κ3) is 3.73. The van der Waals surface area contributed by atoms with Crippen LogP contribution in [-0.2, 0) is 10.2 Å². The molecular weight excluding hydrogens is 556 g/mol. The number of hydrogen-bond donors (Lipinski definition) is 1. The van der Waals surface area contributed by atoms with Crippen LogP contribution in [0.15, 0.2) is 97.2 Å². The fourth-order valence-corrected chi connectivity index (χ4v) is 7.34. The molecule has 0 aliphatic carbocycles. The second-order valence-corrected chi connectivity index (χ2v) is 11.1. The van der Waals surface area contributed by atoms with E-state index in [4.69, 9.17) is 14.2 Å². The maximum Gasteiger partial charge on any atom is 0.238 e. The molecule has 0 radical (unpaired) electrons. The average molecular weight is 587 g/mol. The van der Waals surface area contributed by atoms with Crippen LogP contribution in [0, 0.1) is 5.92 Å². The van der Waals surface area contributed by atoms with Crippen molar-refractivity contribution in [3.63, 3.8) is 0 Å². The molecule has 1 amide bonds. The molecule has 44 heavy (non-hydrogen) atoms. The van der Waals surface area contributed by atoms with Gasteiger partial charge in [0.05, 0.1) is 38.9 Å². The predicted molar refractivity (Wildman–Crippen MR) is 165 cm³/mol. The number of carbonyl (C=O) groups excluding carboxylic acids is 3. The van der Waals surface area contributed by atoms with E-state index >= 15 is 4.79 Å². The maximum absolute atomic E-state index is 15.1. The van der Waals surface area contributed by atoms with Crippen molar-refractivity contribution in [2.24, 2.45) is 5.92 Å². The van der Waals surface area contributed by atoms with Gasteiger partial charge in [0.15, 0.2) is 23.1 Å². The van der Waals surface area contributed by atoms with Gasteiger partial charge in [0.2, 0.25) is 5.91 Å². The minimum absolute atomic E-state index is 0.305. The number of nitrogens with one attached hydrogen (secondary N) is 1. The molecule has 8 heteroatoms. The molecule has 4 atom stereocenters. The second-order valence-electron chi connectivity index (χ2n) is 11.1. The summed E-state index contributed by atoms with van der Waals surface area (Å²) in [4.78, 5) is 46.4. The monoisotopic (exact) mass is 586 g/mol. The Hall–Kier alpha value is -5.37. The fourth-order valence-electron chi connectivity index (χ4n) is 7.34.